The van der Waals surface area contributed by atoms with Crippen LogP contribution < -0.4 is 4.74 Å². The second-order valence-electron chi connectivity index (χ2n) is 2.35. The normalized spacial score (nSPS) is 9.92. The molecule has 0 aromatic carbocycles. The van der Waals surface area contributed by atoms with E-state index < -0.39 is 0 Å². The molecule has 13 heavy (non-hydrogen) atoms. The Labute approximate surface area is 75.0 Å². The Bertz CT molecular complexity index is 385. The summed E-state index contributed by atoms with van der Waals surface area (Å²) in [6.07, 6.45) is 5.12. The Kier molecular flexibility index (Phi) is 1.91. The van der Waals surface area contributed by atoms with Gasteiger partial charge in [-0.1, -0.05) is 0 Å². The molecular weight excluding hydrogens is 168 g/mol. The number of methoxy groups -OCH3 is 1. The highest BCUT2D eigenvalue weighted by atomic mass is 16.5. The fraction of sp³-hybridized carbons (Fsp3) is 0.125. The first-order valence-electron chi connectivity index (χ1n) is 3.77. The molecule has 0 atom stereocenters. The monoisotopic (exact) mass is 176 g/mol. The third-order valence-electron chi connectivity index (χ3n) is 1.54. The maximum absolute atomic E-state index is 4.89. The van der Waals surface area contributed by atoms with E-state index in [4.69, 9.17) is 4.74 Å². The van der Waals surface area contributed by atoms with Crippen LogP contribution in [0.5, 0.6) is 6.01 Å². The van der Waals surface area contributed by atoms with Gasteiger partial charge in [0, 0.05) is 24.7 Å². The molecule has 0 aliphatic rings. The molecule has 0 radical (unpaired) electrons. The van der Waals surface area contributed by atoms with E-state index >= 15 is 0 Å². The number of aromatic nitrogens is 4. The zero-order chi connectivity index (χ0) is 9.10. The molecule has 5 nitrogen and oxygen atoms in total. The van der Waals surface area contributed by atoms with Crippen molar-refractivity contribution >= 4 is 0 Å². The molecule has 2 heterocycles. The molecule has 0 N–H and O–H groups in total. The summed E-state index contributed by atoms with van der Waals surface area (Å²) in [7, 11) is 1.53. The lowest BCUT2D eigenvalue weighted by Crippen LogP contribution is -2.00. The third kappa shape index (κ3) is 1.48. The molecule has 2 aromatic rings. The van der Waals surface area contributed by atoms with E-state index in [0.29, 0.717) is 11.8 Å². The second kappa shape index (κ2) is 3.22. The van der Waals surface area contributed by atoms with Gasteiger partial charge < -0.3 is 4.74 Å². The molecule has 5 heteroatoms. The van der Waals surface area contributed by atoms with Crippen LogP contribution in [-0.4, -0.2) is 26.9 Å². The number of hydrogen-bond donors (Lipinski definition) is 0. The minimum atomic E-state index is 0.341. The summed E-state index contributed by atoms with van der Waals surface area (Å²) in [4.78, 5) is 7.99. The van der Waals surface area contributed by atoms with E-state index in [9.17, 15) is 0 Å². The smallest absolute Gasteiger partial charge is 0.318 e. The van der Waals surface area contributed by atoms with Gasteiger partial charge in [0.25, 0.3) is 0 Å². The molecule has 0 bridgehead atoms. The largest absolute Gasteiger partial charge is 0.467 e. The topological polar surface area (TPSA) is 52.8 Å². The van der Waals surface area contributed by atoms with Crippen molar-refractivity contribution in [2.24, 2.45) is 0 Å². The maximum atomic E-state index is 4.89. The molecule has 66 valence electrons. The maximum Gasteiger partial charge on any atom is 0.318 e. The molecule has 0 aliphatic heterocycles. The van der Waals surface area contributed by atoms with E-state index in [1.807, 2.05) is 12.3 Å². The van der Waals surface area contributed by atoms with E-state index in [1.165, 1.54) is 7.11 Å². The first-order chi connectivity index (χ1) is 6.40. The summed E-state index contributed by atoms with van der Waals surface area (Å²) < 4.78 is 6.53. The number of nitrogens with zero attached hydrogens (tertiary/aromatic N) is 4. The van der Waals surface area contributed by atoms with Gasteiger partial charge in [0.15, 0.2) is 5.82 Å². The van der Waals surface area contributed by atoms with Gasteiger partial charge in [-0.3, -0.25) is 0 Å². The average molecular weight is 176 g/mol. The molecule has 0 unspecified atom stereocenters. The summed E-state index contributed by atoms with van der Waals surface area (Å²) in [5, 5.41) is 4.03. The van der Waals surface area contributed by atoms with Gasteiger partial charge in [0.2, 0.25) is 0 Å². The third-order valence-corrected chi connectivity index (χ3v) is 1.54. The van der Waals surface area contributed by atoms with Crippen LogP contribution in [0, 0.1) is 0 Å². The van der Waals surface area contributed by atoms with Crippen molar-refractivity contribution in [2.75, 3.05) is 7.11 Å². The highest BCUT2D eigenvalue weighted by Gasteiger charge is 1.99. The van der Waals surface area contributed by atoms with E-state index in [2.05, 4.69) is 15.1 Å². The van der Waals surface area contributed by atoms with Crippen LogP contribution in [0.15, 0.2) is 30.7 Å². The number of rotatable bonds is 2. The van der Waals surface area contributed by atoms with Crippen molar-refractivity contribution < 1.29 is 4.74 Å². The molecule has 2 aromatic heterocycles. The molecule has 2 rings (SSSR count). The lowest BCUT2D eigenvalue weighted by atomic mass is 10.6. The minimum Gasteiger partial charge on any atom is -0.467 e. The fourth-order valence-electron chi connectivity index (χ4n) is 0.962. The fourth-order valence-corrected chi connectivity index (χ4v) is 0.962. The van der Waals surface area contributed by atoms with Crippen LogP contribution in [0.25, 0.3) is 5.82 Å². The molecule has 0 amide bonds. The first-order valence-corrected chi connectivity index (χ1v) is 3.77. The number of hydrogen-bond acceptors (Lipinski definition) is 4. The Balaban J connectivity index is 2.41. The summed E-state index contributed by atoms with van der Waals surface area (Å²) in [6, 6.07) is 3.93. The zero-order valence-corrected chi connectivity index (χ0v) is 7.08. The van der Waals surface area contributed by atoms with Crippen molar-refractivity contribution in [2.45, 2.75) is 0 Å². The molecule has 0 saturated carbocycles. The SMILES string of the molecule is COc1nccc(-n2cccn2)n1. The Morgan fingerprint density at radius 3 is 3.00 bits per heavy atom. The second-order valence-corrected chi connectivity index (χ2v) is 2.35. The van der Waals surface area contributed by atoms with Gasteiger partial charge in [-0.15, -0.1) is 0 Å². The Morgan fingerprint density at radius 2 is 2.31 bits per heavy atom. The van der Waals surface area contributed by atoms with Crippen molar-refractivity contribution in [3.05, 3.63) is 30.7 Å². The molecular formula is C8H8N4O. The molecule has 0 aliphatic carbocycles. The van der Waals surface area contributed by atoms with Gasteiger partial charge in [0.05, 0.1) is 7.11 Å². The summed E-state index contributed by atoms with van der Waals surface area (Å²) >= 11 is 0. The predicted octanol–water partition coefficient (Wildman–Crippen LogP) is 0.671. The predicted molar refractivity (Wildman–Crippen MR) is 45.7 cm³/mol. The van der Waals surface area contributed by atoms with Crippen molar-refractivity contribution in [1.82, 2.24) is 19.7 Å². The van der Waals surface area contributed by atoms with E-state index in [0.717, 1.165) is 0 Å². The van der Waals surface area contributed by atoms with Crippen molar-refractivity contribution in [1.29, 1.82) is 0 Å². The minimum absolute atomic E-state index is 0.341. The quantitative estimate of drug-likeness (QED) is 0.674. The summed E-state index contributed by atoms with van der Waals surface area (Å²) in [5.41, 5.74) is 0. The zero-order valence-electron chi connectivity index (χ0n) is 7.08. The molecule has 0 fully saturated rings. The van der Waals surface area contributed by atoms with Crippen LogP contribution in [-0.2, 0) is 0 Å². The van der Waals surface area contributed by atoms with Crippen molar-refractivity contribution in [3.8, 4) is 11.8 Å². The molecule has 0 saturated heterocycles. The first kappa shape index (κ1) is 7.72. The highest BCUT2D eigenvalue weighted by molar-refractivity contribution is 5.20. The standard InChI is InChI=1S/C8H8N4O/c1-13-8-9-5-3-7(11-8)12-6-2-4-10-12/h2-6H,1H3. The van der Waals surface area contributed by atoms with Crippen LogP contribution in [0.4, 0.5) is 0 Å². The van der Waals surface area contributed by atoms with Gasteiger partial charge in [0.1, 0.15) is 0 Å². The number of ether oxygens (including phenoxy) is 1. The van der Waals surface area contributed by atoms with E-state index in [1.54, 1.807) is 23.1 Å². The Morgan fingerprint density at radius 1 is 1.38 bits per heavy atom. The van der Waals surface area contributed by atoms with Gasteiger partial charge in [-0.05, 0) is 6.07 Å². The van der Waals surface area contributed by atoms with Crippen LogP contribution in [0.2, 0.25) is 0 Å². The summed E-state index contributed by atoms with van der Waals surface area (Å²) in [5.74, 6) is 0.692. The Hall–Kier alpha value is -1.91. The van der Waals surface area contributed by atoms with Crippen LogP contribution in [0.3, 0.4) is 0 Å². The van der Waals surface area contributed by atoms with Crippen LogP contribution in [0.1, 0.15) is 0 Å². The molecule has 0 spiro atoms. The van der Waals surface area contributed by atoms with Crippen LogP contribution >= 0.6 is 0 Å². The van der Waals surface area contributed by atoms with Gasteiger partial charge in [-0.2, -0.15) is 10.1 Å². The van der Waals surface area contributed by atoms with Gasteiger partial charge >= 0.3 is 6.01 Å². The summed E-state index contributed by atoms with van der Waals surface area (Å²) in [6.45, 7) is 0. The van der Waals surface area contributed by atoms with E-state index in [-0.39, 0.29) is 0 Å². The highest BCUT2D eigenvalue weighted by Crippen LogP contribution is 2.05. The van der Waals surface area contributed by atoms with Crippen molar-refractivity contribution in [3.63, 3.8) is 0 Å². The van der Waals surface area contributed by atoms with Gasteiger partial charge in [-0.25, -0.2) is 9.67 Å². The lowest BCUT2D eigenvalue weighted by molar-refractivity contribution is 0.379. The lowest BCUT2D eigenvalue weighted by Gasteiger charge is -2.00. The average Bonchev–Trinajstić information content (AvgIpc) is 2.71.